The Bertz CT molecular complexity index is 2010. The predicted octanol–water partition coefficient (Wildman–Crippen LogP) is 7.82. The maximum Gasteiger partial charge on any atom is 0.410 e. The molecule has 8 fully saturated rings. The van der Waals surface area contributed by atoms with Gasteiger partial charge in [0.2, 0.25) is 0 Å². The molecule has 71 heavy (non-hydrogen) atoms. The number of terminal acetylenes is 1. The minimum absolute atomic E-state index is 0.103. The molecule has 3 heterocycles. The van der Waals surface area contributed by atoms with E-state index >= 15 is 0 Å². The smallest absolute Gasteiger partial charge is 0.410 e. The van der Waals surface area contributed by atoms with Crippen LogP contribution in [0.5, 0.6) is 0 Å². The number of ether oxygens (including phenoxy) is 3. The highest BCUT2D eigenvalue weighted by Gasteiger charge is 2.38. The van der Waals surface area contributed by atoms with Crippen molar-refractivity contribution >= 4 is 24.1 Å². The quantitative estimate of drug-likeness (QED) is 0.198. The standard InChI is InChI=1S/C13H24N2O2.C12H22N2O2.C11H4.C9H15NO3.C9H17N.C3H7N/c1-13(2,3)17-12(16)15-8-7-11(9-15)14(4)10-5-6-10;1-12(2,3)16-11(15)14-7-6-10(8-14)13-9-4-5-9;1-3-5-7-9-11-10-8-6-4-2;1-9(2,3)13-8(12)10-5-4-7(11)6-10;1-10(9-6-7-9)8-4-2-3-5-8;4-3-1-2-3/h10-11H,5-9H2,1-4H3;9-10,13H,4-8H2,1-3H3;1H,2H3;4-6H2,1-3H3;8-9H,2-7H2,1H3;3H,1-2,4H2. The van der Waals surface area contributed by atoms with Gasteiger partial charge in [0.15, 0.2) is 5.78 Å². The Hall–Kier alpha value is -4.88. The summed E-state index contributed by atoms with van der Waals surface area (Å²) >= 11 is 0. The molecule has 8 aliphatic rings. The van der Waals surface area contributed by atoms with Crippen LogP contribution in [-0.4, -0.2) is 161 Å². The Morgan fingerprint density at radius 1 is 0.563 bits per heavy atom. The summed E-state index contributed by atoms with van der Waals surface area (Å²) in [6.45, 7) is 22.5. The molecule has 0 spiro atoms. The lowest BCUT2D eigenvalue weighted by atomic mass is 10.2. The first-order chi connectivity index (χ1) is 33.4. The monoisotopic (exact) mass is 984 g/mol. The number of hydrogen-bond donors (Lipinski definition) is 2. The number of nitrogens with one attached hydrogen (secondary N) is 1. The summed E-state index contributed by atoms with van der Waals surface area (Å²) < 4.78 is 15.8. The zero-order valence-electron chi connectivity index (χ0n) is 45.6. The summed E-state index contributed by atoms with van der Waals surface area (Å²) in [5, 5.41) is 3.55. The van der Waals surface area contributed by atoms with Crippen LogP contribution >= 0.6 is 0 Å². The minimum atomic E-state index is -0.483. The highest BCUT2D eigenvalue weighted by molar-refractivity contribution is 5.87. The summed E-state index contributed by atoms with van der Waals surface area (Å²) in [5.74, 6) is 22.1. The summed E-state index contributed by atoms with van der Waals surface area (Å²) in [6.07, 6.45) is 23.3. The molecular weight excluding hydrogens is 895 g/mol. The average molecular weight is 984 g/mol. The van der Waals surface area contributed by atoms with Crippen molar-refractivity contribution in [1.82, 2.24) is 29.8 Å². The lowest BCUT2D eigenvalue weighted by Gasteiger charge is -2.26. The van der Waals surface area contributed by atoms with Gasteiger partial charge in [-0.05, 0) is 208 Å². The van der Waals surface area contributed by atoms with Crippen molar-refractivity contribution in [3.05, 3.63) is 0 Å². The number of rotatable bonds is 6. The van der Waals surface area contributed by atoms with Gasteiger partial charge in [0.25, 0.3) is 0 Å². The van der Waals surface area contributed by atoms with Crippen molar-refractivity contribution in [2.24, 2.45) is 5.73 Å². The number of amides is 3. The Morgan fingerprint density at radius 3 is 1.39 bits per heavy atom. The van der Waals surface area contributed by atoms with Gasteiger partial charge in [0.1, 0.15) is 16.8 Å². The first kappa shape index (κ1) is 60.4. The van der Waals surface area contributed by atoms with Gasteiger partial charge in [-0.25, -0.2) is 14.4 Å². The molecule has 3 aliphatic heterocycles. The second-order valence-corrected chi connectivity index (χ2v) is 22.8. The number of nitrogens with two attached hydrogens (primary N) is 1. The molecule has 2 atom stereocenters. The summed E-state index contributed by atoms with van der Waals surface area (Å²) in [7, 11) is 4.49. The maximum absolute atomic E-state index is 11.9. The van der Waals surface area contributed by atoms with Crippen molar-refractivity contribution in [2.45, 2.75) is 225 Å². The van der Waals surface area contributed by atoms with Crippen LogP contribution in [0.2, 0.25) is 0 Å². The van der Waals surface area contributed by atoms with Gasteiger partial charge in [-0.3, -0.25) is 9.69 Å². The minimum Gasteiger partial charge on any atom is -0.444 e. The highest BCUT2D eigenvalue weighted by atomic mass is 16.6. The number of ketones is 1. The van der Waals surface area contributed by atoms with Gasteiger partial charge in [0, 0.05) is 81.4 Å². The largest absolute Gasteiger partial charge is 0.444 e. The SMILES string of the molecule is C#CC#CC#CC#CC#CC.CC(C)(C)OC(=O)N1CCC(=O)C1.CC(C)(C)OC(=O)N1CCC(NC2CC2)C1.CN(C1CC1)C1CCN(C(=O)OC(C)(C)C)C1.CN(C1CCCC1)C1CC1.NC1CC1. The van der Waals surface area contributed by atoms with Gasteiger partial charge >= 0.3 is 18.3 Å². The van der Waals surface area contributed by atoms with Gasteiger partial charge in [-0.2, -0.15) is 0 Å². The summed E-state index contributed by atoms with van der Waals surface area (Å²) in [6, 6.07) is 4.98. The lowest BCUT2D eigenvalue weighted by molar-refractivity contribution is -0.117. The van der Waals surface area contributed by atoms with E-state index in [9.17, 15) is 19.2 Å². The molecule has 0 aromatic rings. The molecule has 394 valence electrons. The third kappa shape index (κ3) is 28.1. The number of carbonyl (C=O) groups excluding carboxylic acids is 4. The van der Waals surface area contributed by atoms with E-state index in [1.165, 1.54) is 81.9 Å². The Kier molecular flexibility index (Phi) is 25.2. The molecule has 2 unspecified atom stereocenters. The summed E-state index contributed by atoms with van der Waals surface area (Å²) in [5.41, 5.74) is 3.96. The fourth-order valence-electron chi connectivity index (χ4n) is 7.87. The molecule has 14 nitrogen and oxygen atoms in total. The molecule has 3 N–H and O–H groups in total. The Morgan fingerprint density at radius 2 is 0.986 bits per heavy atom. The fourth-order valence-corrected chi connectivity index (χ4v) is 7.87. The molecule has 0 bridgehead atoms. The molecule has 5 saturated carbocycles. The molecule has 14 heteroatoms. The van der Waals surface area contributed by atoms with Crippen LogP contribution < -0.4 is 11.1 Å². The van der Waals surface area contributed by atoms with E-state index in [2.05, 4.69) is 82.5 Å². The number of nitrogens with zero attached hydrogens (tertiary/aromatic N) is 5. The van der Waals surface area contributed by atoms with Gasteiger partial charge in [-0.15, -0.1) is 6.42 Å². The lowest BCUT2D eigenvalue weighted by Crippen LogP contribution is -2.39. The van der Waals surface area contributed by atoms with Crippen molar-refractivity contribution in [1.29, 1.82) is 0 Å². The van der Waals surface area contributed by atoms with Crippen LogP contribution in [0, 0.1) is 59.7 Å². The third-order valence-corrected chi connectivity index (χ3v) is 12.3. The second kappa shape index (κ2) is 29.6. The average Bonchev–Trinajstić information content (AvgIpc) is 4.24. The third-order valence-electron chi connectivity index (χ3n) is 12.3. The molecule has 8 rings (SSSR count). The van der Waals surface area contributed by atoms with E-state index in [1.54, 1.807) is 6.92 Å². The maximum atomic E-state index is 11.9. The van der Waals surface area contributed by atoms with Crippen molar-refractivity contribution in [3.8, 4) is 59.7 Å². The normalized spacial score (nSPS) is 21.2. The van der Waals surface area contributed by atoms with E-state index in [1.807, 2.05) is 72.1 Å². The van der Waals surface area contributed by atoms with Gasteiger partial charge < -0.3 is 44.9 Å². The van der Waals surface area contributed by atoms with Crippen LogP contribution in [0.4, 0.5) is 14.4 Å². The van der Waals surface area contributed by atoms with Gasteiger partial charge in [-0.1, -0.05) is 18.8 Å². The number of likely N-dealkylation sites (N-methyl/N-ethyl adjacent to an activating group) is 1. The van der Waals surface area contributed by atoms with Crippen LogP contribution in [0.3, 0.4) is 0 Å². The summed E-state index contributed by atoms with van der Waals surface area (Å²) in [4.78, 5) is 56.1. The van der Waals surface area contributed by atoms with Crippen LogP contribution in [0.25, 0.3) is 0 Å². The fraction of sp³-hybridized carbons (Fsp3) is 0.754. The number of likely N-dealkylation sites (tertiary alicyclic amines) is 3. The van der Waals surface area contributed by atoms with E-state index in [-0.39, 0.29) is 30.1 Å². The zero-order valence-corrected chi connectivity index (χ0v) is 45.6. The van der Waals surface area contributed by atoms with E-state index < -0.39 is 17.3 Å². The topological polar surface area (TPSA) is 150 Å². The Labute approximate surface area is 429 Å². The molecule has 0 aromatic heterocycles. The van der Waals surface area contributed by atoms with Gasteiger partial charge in [0.05, 0.1) is 6.54 Å². The zero-order chi connectivity index (χ0) is 52.8. The number of Topliss-reactive ketones (excluding diaryl/α,β-unsaturated/α-hetero) is 1. The Balaban J connectivity index is 0.000000232. The van der Waals surface area contributed by atoms with Crippen molar-refractivity contribution < 1.29 is 33.4 Å². The van der Waals surface area contributed by atoms with Crippen molar-refractivity contribution in [3.63, 3.8) is 0 Å². The van der Waals surface area contributed by atoms with E-state index in [0.29, 0.717) is 37.1 Å². The van der Waals surface area contributed by atoms with E-state index in [0.717, 1.165) is 57.1 Å². The number of hydrogen-bond acceptors (Lipinski definition) is 11. The van der Waals surface area contributed by atoms with E-state index in [4.69, 9.17) is 26.4 Å². The number of carbonyl (C=O) groups is 4. The van der Waals surface area contributed by atoms with Crippen LogP contribution in [0.1, 0.15) is 166 Å². The first-order valence-electron chi connectivity index (χ1n) is 26.2. The van der Waals surface area contributed by atoms with Crippen LogP contribution in [0.15, 0.2) is 0 Å². The highest BCUT2D eigenvalue weighted by Crippen LogP contribution is 2.33. The van der Waals surface area contributed by atoms with Crippen molar-refractivity contribution in [2.75, 3.05) is 53.4 Å². The molecule has 0 radical (unpaired) electrons. The molecule has 0 aromatic carbocycles. The molecular formula is C57H89N7O7. The second-order valence-electron chi connectivity index (χ2n) is 22.8. The molecule has 3 amide bonds. The first-order valence-corrected chi connectivity index (χ1v) is 26.2. The molecule has 5 aliphatic carbocycles. The molecule has 3 saturated heterocycles. The van der Waals surface area contributed by atoms with Crippen LogP contribution in [-0.2, 0) is 19.0 Å². The predicted molar refractivity (Wildman–Crippen MR) is 283 cm³/mol.